The Balaban J connectivity index is 1.78. The summed E-state index contributed by atoms with van der Waals surface area (Å²) in [4.78, 5) is 13.7. The van der Waals surface area contributed by atoms with E-state index in [1.165, 1.54) is 16.6 Å². The molecular formula is C16H22N4O4S. The number of hydrogen-bond acceptors (Lipinski definition) is 5. The Morgan fingerprint density at radius 1 is 1.44 bits per heavy atom. The molecule has 1 saturated carbocycles. The molecule has 1 unspecified atom stereocenters. The highest BCUT2D eigenvalue weighted by Crippen LogP contribution is 2.34. The topological polar surface area (TPSA) is 93.5 Å². The van der Waals surface area contributed by atoms with Gasteiger partial charge in [-0.15, -0.1) is 0 Å². The highest BCUT2D eigenvalue weighted by atomic mass is 32.2. The molecule has 8 nitrogen and oxygen atoms in total. The summed E-state index contributed by atoms with van der Waals surface area (Å²) in [5.41, 5.74) is 0.555. The fraction of sp³-hybridized carbons (Fsp3) is 0.500. The number of rotatable bonds is 6. The number of likely N-dealkylation sites (N-methyl/N-ethyl adjacent to an activating group) is 1. The molecule has 1 N–H and O–H groups in total. The standard InChI is InChI=1S/C16H22N4O4S/c1-19(10-14(24-3)11-8-9-11)16(21)18-25(22,23)15-12-6-4-5-7-13(12)17-20(15)2/h4-7,11,14H,8-10H2,1-3H3,(H,18,21). The van der Waals surface area contributed by atoms with Crippen LogP contribution in [-0.4, -0.2) is 55.9 Å². The third-order valence-corrected chi connectivity index (χ3v) is 5.85. The third kappa shape index (κ3) is 3.62. The number of aryl methyl sites for hydroxylation is 1. The molecule has 0 radical (unpaired) electrons. The zero-order valence-electron chi connectivity index (χ0n) is 14.5. The first-order valence-electron chi connectivity index (χ1n) is 8.06. The predicted octanol–water partition coefficient (Wildman–Crippen LogP) is 1.33. The predicted molar refractivity (Wildman–Crippen MR) is 92.6 cm³/mol. The second-order valence-corrected chi connectivity index (χ2v) is 7.95. The molecule has 1 fully saturated rings. The number of benzene rings is 1. The molecule has 136 valence electrons. The number of ether oxygens (including phenoxy) is 1. The van der Waals surface area contributed by atoms with Gasteiger partial charge in [-0.2, -0.15) is 13.5 Å². The minimum absolute atomic E-state index is 0.0321. The molecule has 2 amide bonds. The van der Waals surface area contributed by atoms with Crippen LogP contribution in [0.25, 0.3) is 10.9 Å². The molecule has 1 heterocycles. The SMILES string of the molecule is COC(CN(C)C(=O)NS(=O)(=O)c1c2ccccc2nn1C)C1CC1. The van der Waals surface area contributed by atoms with E-state index in [0.717, 1.165) is 12.8 Å². The van der Waals surface area contributed by atoms with E-state index in [9.17, 15) is 13.2 Å². The molecule has 2 aromatic rings. The highest BCUT2D eigenvalue weighted by molar-refractivity contribution is 7.90. The molecule has 25 heavy (non-hydrogen) atoms. The second-order valence-electron chi connectivity index (χ2n) is 6.35. The summed E-state index contributed by atoms with van der Waals surface area (Å²) in [6.07, 6.45) is 2.08. The van der Waals surface area contributed by atoms with Crippen LogP contribution in [0.2, 0.25) is 0 Å². The average Bonchev–Trinajstić information content (AvgIpc) is 3.32. The molecule has 9 heteroatoms. The van der Waals surface area contributed by atoms with Gasteiger partial charge in [-0.1, -0.05) is 12.1 Å². The van der Waals surface area contributed by atoms with Gasteiger partial charge in [0.15, 0.2) is 5.03 Å². The maximum Gasteiger partial charge on any atom is 0.331 e. The van der Waals surface area contributed by atoms with Crippen molar-refractivity contribution in [3.05, 3.63) is 24.3 Å². The van der Waals surface area contributed by atoms with E-state index in [4.69, 9.17) is 4.74 Å². The van der Waals surface area contributed by atoms with E-state index in [1.807, 2.05) is 0 Å². The van der Waals surface area contributed by atoms with Crippen molar-refractivity contribution in [3.8, 4) is 0 Å². The fourth-order valence-corrected chi connectivity index (χ4v) is 4.25. The van der Waals surface area contributed by atoms with E-state index in [-0.39, 0.29) is 11.1 Å². The lowest BCUT2D eigenvalue weighted by Gasteiger charge is -2.23. The van der Waals surface area contributed by atoms with Crippen molar-refractivity contribution < 1.29 is 17.9 Å². The molecule has 1 aliphatic rings. The van der Waals surface area contributed by atoms with Crippen molar-refractivity contribution in [1.82, 2.24) is 19.4 Å². The van der Waals surface area contributed by atoms with Crippen LogP contribution in [-0.2, 0) is 21.8 Å². The Bertz CT molecular complexity index is 889. The Morgan fingerprint density at radius 2 is 2.12 bits per heavy atom. The van der Waals surface area contributed by atoms with Gasteiger partial charge in [0.2, 0.25) is 0 Å². The number of amides is 2. The lowest BCUT2D eigenvalue weighted by atomic mass is 10.2. The lowest BCUT2D eigenvalue weighted by Crippen LogP contribution is -2.44. The molecule has 0 saturated heterocycles. The van der Waals surface area contributed by atoms with Crippen LogP contribution in [0.1, 0.15) is 12.8 Å². The number of fused-ring (bicyclic) bond motifs is 1. The van der Waals surface area contributed by atoms with Crippen molar-refractivity contribution in [1.29, 1.82) is 0 Å². The monoisotopic (exact) mass is 366 g/mol. The number of sulfonamides is 1. The zero-order valence-corrected chi connectivity index (χ0v) is 15.3. The quantitative estimate of drug-likeness (QED) is 0.832. The van der Waals surface area contributed by atoms with E-state index in [0.29, 0.717) is 23.4 Å². The molecule has 1 atom stereocenters. The first-order valence-corrected chi connectivity index (χ1v) is 9.54. The number of nitrogens with zero attached hydrogens (tertiary/aromatic N) is 3. The summed E-state index contributed by atoms with van der Waals surface area (Å²) in [7, 11) is 0.652. The Kier molecular flexibility index (Phi) is 4.70. The van der Waals surface area contributed by atoms with Gasteiger partial charge in [0.25, 0.3) is 10.0 Å². The van der Waals surface area contributed by atoms with Gasteiger partial charge in [0.05, 0.1) is 11.6 Å². The van der Waals surface area contributed by atoms with Gasteiger partial charge in [-0.3, -0.25) is 4.68 Å². The van der Waals surface area contributed by atoms with Crippen LogP contribution >= 0.6 is 0 Å². The van der Waals surface area contributed by atoms with Gasteiger partial charge < -0.3 is 9.64 Å². The minimum atomic E-state index is -4.05. The summed E-state index contributed by atoms with van der Waals surface area (Å²) in [5.74, 6) is 0.442. The molecule has 1 aromatic carbocycles. The summed E-state index contributed by atoms with van der Waals surface area (Å²) in [6, 6.07) is 6.21. The van der Waals surface area contributed by atoms with Crippen molar-refractivity contribution in [2.75, 3.05) is 20.7 Å². The molecule has 0 aliphatic heterocycles. The summed E-state index contributed by atoms with van der Waals surface area (Å²) in [6.45, 7) is 0.342. The number of carbonyl (C=O) groups is 1. The molecule has 3 rings (SSSR count). The van der Waals surface area contributed by atoms with E-state index in [2.05, 4.69) is 9.82 Å². The van der Waals surface area contributed by atoms with Crippen molar-refractivity contribution in [2.45, 2.75) is 24.0 Å². The zero-order chi connectivity index (χ0) is 18.2. The van der Waals surface area contributed by atoms with Crippen LogP contribution in [0.15, 0.2) is 29.3 Å². The van der Waals surface area contributed by atoms with Gasteiger partial charge in [-0.05, 0) is 30.9 Å². The van der Waals surface area contributed by atoms with Crippen LogP contribution in [0.4, 0.5) is 4.79 Å². The van der Waals surface area contributed by atoms with E-state index >= 15 is 0 Å². The summed E-state index contributed by atoms with van der Waals surface area (Å²) in [5, 5.41) is 4.62. The Hall–Kier alpha value is -2.13. The van der Waals surface area contributed by atoms with Gasteiger partial charge in [0, 0.05) is 33.1 Å². The number of carbonyl (C=O) groups excluding carboxylic acids is 1. The maximum atomic E-state index is 12.7. The largest absolute Gasteiger partial charge is 0.379 e. The van der Waals surface area contributed by atoms with E-state index in [1.54, 1.807) is 38.4 Å². The number of aromatic nitrogens is 2. The van der Waals surface area contributed by atoms with Crippen LogP contribution < -0.4 is 4.72 Å². The molecule has 0 bridgehead atoms. The third-order valence-electron chi connectivity index (χ3n) is 4.41. The molecular weight excluding hydrogens is 344 g/mol. The minimum Gasteiger partial charge on any atom is -0.379 e. The molecule has 1 aromatic heterocycles. The maximum absolute atomic E-state index is 12.7. The summed E-state index contributed by atoms with van der Waals surface area (Å²) >= 11 is 0. The van der Waals surface area contributed by atoms with E-state index < -0.39 is 16.1 Å². The summed E-state index contributed by atoms with van der Waals surface area (Å²) < 4.78 is 34.2. The van der Waals surface area contributed by atoms with Crippen molar-refractivity contribution in [2.24, 2.45) is 13.0 Å². The van der Waals surface area contributed by atoms with Gasteiger partial charge in [0.1, 0.15) is 0 Å². The molecule has 0 spiro atoms. The van der Waals surface area contributed by atoms with Crippen LogP contribution in [0, 0.1) is 5.92 Å². The number of nitrogens with one attached hydrogen (secondary N) is 1. The number of methoxy groups -OCH3 is 1. The van der Waals surface area contributed by atoms with Crippen molar-refractivity contribution in [3.63, 3.8) is 0 Å². The molecule has 1 aliphatic carbocycles. The Morgan fingerprint density at radius 3 is 2.76 bits per heavy atom. The smallest absolute Gasteiger partial charge is 0.331 e. The lowest BCUT2D eigenvalue weighted by molar-refractivity contribution is 0.0634. The Labute approximate surface area is 146 Å². The normalized spacial score (nSPS) is 16.0. The van der Waals surface area contributed by atoms with Crippen LogP contribution in [0.3, 0.4) is 0 Å². The van der Waals surface area contributed by atoms with Gasteiger partial charge >= 0.3 is 6.03 Å². The highest BCUT2D eigenvalue weighted by Gasteiger charge is 2.33. The second kappa shape index (κ2) is 6.64. The van der Waals surface area contributed by atoms with Crippen LogP contribution in [0.5, 0.6) is 0 Å². The van der Waals surface area contributed by atoms with Crippen molar-refractivity contribution >= 4 is 27.0 Å². The fourth-order valence-electron chi connectivity index (χ4n) is 2.92. The number of hydrogen-bond donors (Lipinski definition) is 1. The first kappa shape index (κ1) is 17.7. The number of urea groups is 1. The van der Waals surface area contributed by atoms with Gasteiger partial charge in [-0.25, -0.2) is 9.52 Å². The first-order chi connectivity index (χ1) is 11.8. The average molecular weight is 366 g/mol.